The van der Waals surface area contributed by atoms with E-state index in [0.29, 0.717) is 0 Å². The van der Waals surface area contributed by atoms with Crippen molar-refractivity contribution in [2.24, 2.45) is 0 Å². The van der Waals surface area contributed by atoms with Gasteiger partial charge in [-0.15, -0.1) is 0 Å². The van der Waals surface area contributed by atoms with Crippen molar-refractivity contribution in [1.82, 2.24) is 0 Å². The number of alkyl halides is 32. The molecule has 0 aromatic rings. The highest BCUT2D eigenvalue weighted by molar-refractivity contribution is 5.22. The van der Waals surface area contributed by atoms with E-state index in [1.807, 2.05) is 0 Å². The zero-order chi connectivity index (χ0) is 41.1. The van der Waals surface area contributed by atoms with E-state index >= 15 is 0 Å². The molecule has 0 saturated heterocycles. The molecule has 0 spiro atoms. The van der Waals surface area contributed by atoms with E-state index in [2.05, 4.69) is 0 Å². The van der Waals surface area contributed by atoms with Crippen LogP contribution in [0.2, 0.25) is 0 Å². The van der Waals surface area contributed by atoms with E-state index in [1.54, 1.807) is 0 Å². The molecule has 0 nitrogen and oxygen atoms in total. The van der Waals surface area contributed by atoms with Crippen LogP contribution < -0.4 is 0 Å². The van der Waals surface area contributed by atoms with Gasteiger partial charge < -0.3 is 0 Å². The average Bonchev–Trinajstić information content (AvgIpc) is 2.85. The summed E-state index contributed by atoms with van der Waals surface area (Å²) in [6.07, 6.45) is -22.1. The van der Waals surface area contributed by atoms with Crippen molar-refractivity contribution in [3.05, 3.63) is 6.17 Å². The lowest BCUT2D eigenvalue weighted by molar-refractivity contribution is -0.487. The molecular weight excluding hydrogens is 819 g/mol. The van der Waals surface area contributed by atoms with Gasteiger partial charge >= 0.3 is 95.5 Å². The smallest absolute Gasteiger partial charge is 0.222 e. The van der Waals surface area contributed by atoms with Crippen LogP contribution in [0.15, 0.2) is 0 Å². The molecule has 0 bridgehead atoms. The Morgan fingerprint density at radius 1 is 0.204 bits per heavy atom. The number of hydrogen-bond acceptors (Lipinski definition) is 0. The highest BCUT2D eigenvalue weighted by Gasteiger charge is 3.01. The Kier molecular flexibility index (Phi) is 10.6. The highest BCUT2D eigenvalue weighted by Crippen LogP contribution is 2.69. The first-order valence-corrected chi connectivity index (χ1v) is 9.99. The van der Waals surface area contributed by atoms with Gasteiger partial charge in [-0.05, 0) is 0 Å². The molecule has 49 heavy (non-hydrogen) atoms. The monoisotopic (exact) mass is 819 g/mol. The Bertz CT molecular complexity index is 1190. The summed E-state index contributed by atoms with van der Waals surface area (Å²) in [6.45, 7) is 0. The maximum atomic E-state index is 13.7. The van der Waals surface area contributed by atoms with Crippen molar-refractivity contribution < 1.29 is 145 Å². The molecule has 295 valence electrons. The van der Waals surface area contributed by atoms with Crippen molar-refractivity contribution >= 4 is 0 Å². The minimum atomic E-state index is -10.2. The molecule has 0 atom stereocenters. The van der Waals surface area contributed by atoms with E-state index in [9.17, 15) is 145 Å². The van der Waals surface area contributed by atoms with E-state index in [0.717, 1.165) is 0 Å². The molecule has 0 N–H and O–H groups in total. The van der Waals surface area contributed by atoms with Crippen LogP contribution in [-0.2, 0) is 0 Å². The van der Waals surface area contributed by atoms with Gasteiger partial charge in [0.2, 0.25) is 0 Å². The van der Waals surface area contributed by atoms with Crippen molar-refractivity contribution in [3.63, 3.8) is 0 Å². The SMILES string of the molecule is F[C](C(F)(F)F)C(F)(F)C(F)(F)C(F)(F)C(F)(F)C(F)(F)C(F)(F)C(F)(F)C(F)(F)C(F)(F)C(F)(F)C(F)(F)C(F)(F)C(F)(F)C(F)(F)F. The van der Waals surface area contributed by atoms with Gasteiger partial charge in [0.25, 0.3) is 0 Å². The van der Waals surface area contributed by atoms with E-state index in [4.69, 9.17) is 0 Å². The molecular formula is C16F33. The molecule has 0 amide bonds. The molecule has 1 radical (unpaired) electrons. The first-order valence-electron chi connectivity index (χ1n) is 9.99. The van der Waals surface area contributed by atoms with E-state index in [-0.39, 0.29) is 0 Å². The summed E-state index contributed by atoms with van der Waals surface area (Å²) < 4.78 is 433. The molecule has 0 rings (SSSR count). The predicted octanol–water partition coefficient (Wildman–Crippen LogP) is 10.9. The summed E-state index contributed by atoms with van der Waals surface area (Å²) in [6, 6.07) is 0. The van der Waals surface area contributed by atoms with Crippen LogP contribution in [0.5, 0.6) is 0 Å². The first-order chi connectivity index (χ1) is 20.4. The zero-order valence-electron chi connectivity index (χ0n) is 20.5. The summed E-state index contributed by atoms with van der Waals surface area (Å²) in [5.41, 5.74) is 0. The summed E-state index contributed by atoms with van der Waals surface area (Å²) in [4.78, 5) is 0. The lowest BCUT2D eigenvalue weighted by atomic mass is 9.83. The van der Waals surface area contributed by atoms with Crippen molar-refractivity contribution in [2.45, 2.75) is 89.3 Å². The second kappa shape index (κ2) is 11.1. The highest BCUT2D eigenvalue weighted by atomic mass is 19.4. The third-order valence-corrected chi connectivity index (χ3v) is 5.61. The topological polar surface area (TPSA) is 0 Å². The fraction of sp³-hybridized carbons (Fsp3) is 0.938. The van der Waals surface area contributed by atoms with Crippen LogP contribution in [0.1, 0.15) is 0 Å². The number of hydrogen-bond donors (Lipinski definition) is 0. The van der Waals surface area contributed by atoms with Crippen molar-refractivity contribution in [2.75, 3.05) is 0 Å². The summed E-state index contributed by atoms with van der Waals surface area (Å²) in [5.74, 6) is -126. The lowest BCUT2D eigenvalue weighted by Gasteiger charge is -2.46. The third-order valence-electron chi connectivity index (χ3n) is 5.61. The molecule has 0 unspecified atom stereocenters. The summed E-state index contributed by atoms with van der Waals surface area (Å²) in [7, 11) is 0. The second-order valence-electron chi connectivity index (χ2n) is 8.78. The maximum absolute atomic E-state index is 13.7. The summed E-state index contributed by atoms with van der Waals surface area (Å²) in [5, 5.41) is 0. The van der Waals surface area contributed by atoms with E-state index < -0.39 is 95.5 Å². The Hall–Kier alpha value is -2.31. The second-order valence-corrected chi connectivity index (χ2v) is 8.78. The predicted molar refractivity (Wildman–Crippen MR) is 80.8 cm³/mol. The molecule has 0 aliphatic rings. The fourth-order valence-electron chi connectivity index (χ4n) is 2.66. The van der Waals surface area contributed by atoms with Crippen LogP contribution in [-0.4, -0.2) is 89.3 Å². The molecule has 0 aromatic heterocycles. The minimum Gasteiger partial charge on any atom is -0.222 e. The Labute approximate surface area is 242 Å². The number of halogens is 33. The van der Waals surface area contributed by atoms with Gasteiger partial charge in [-0.2, -0.15) is 140 Å². The van der Waals surface area contributed by atoms with Gasteiger partial charge in [0, 0.05) is 0 Å². The average molecular weight is 819 g/mol. The van der Waals surface area contributed by atoms with Crippen molar-refractivity contribution in [1.29, 1.82) is 0 Å². The van der Waals surface area contributed by atoms with Gasteiger partial charge in [0.05, 0.1) is 0 Å². The normalized spacial score (nSPS) is 17.3. The van der Waals surface area contributed by atoms with Crippen LogP contribution in [0, 0.1) is 6.17 Å². The van der Waals surface area contributed by atoms with Gasteiger partial charge in [0.15, 0.2) is 0 Å². The first kappa shape index (κ1) is 46.7. The van der Waals surface area contributed by atoms with Gasteiger partial charge in [-0.25, -0.2) is 4.39 Å². The van der Waals surface area contributed by atoms with Crippen molar-refractivity contribution in [3.8, 4) is 0 Å². The molecule has 0 fully saturated rings. The molecule has 0 aliphatic heterocycles. The largest absolute Gasteiger partial charge is 0.460 e. The molecule has 0 saturated carbocycles. The molecule has 33 heteroatoms. The van der Waals surface area contributed by atoms with Crippen LogP contribution in [0.25, 0.3) is 0 Å². The Balaban J connectivity index is 7.62. The van der Waals surface area contributed by atoms with Gasteiger partial charge in [0.1, 0.15) is 0 Å². The quantitative estimate of drug-likeness (QED) is 0.162. The molecule has 0 heterocycles. The standard InChI is InChI=1S/C16F33/c17-1(3(20,21)22)2(18,19)4(23,24)5(25,26)6(27,28)7(29,30)8(31,32)9(33,34)10(35,36)11(37,38)12(39,40)13(41,42)14(43,44)15(45,46)16(47,48)49. The Morgan fingerprint density at radius 3 is 0.490 bits per heavy atom. The van der Waals surface area contributed by atoms with Crippen LogP contribution >= 0.6 is 0 Å². The van der Waals surface area contributed by atoms with Gasteiger partial charge in [-0.3, -0.25) is 0 Å². The Morgan fingerprint density at radius 2 is 0.347 bits per heavy atom. The van der Waals surface area contributed by atoms with Crippen LogP contribution in [0.4, 0.5) is 145 Å². The van der Waals surface area contributed by atoms with E-state index in [1.165, 1.54) is 0 Å². The minimum absolute atomic E-state index is 5.94. The van der Waals surface area contributed by atoms with Crippen LogP contribution in [0.3, 0.4) is 0 Å². The lowest BCUT2D eigenvalue weighted by Crippen LogP contribution is -2.79. The molecule has 0 aliphatic carbocycles. The fourth-order valence-corrected chi connectivity index (χ4v) is 2.66. The van der Waals surface area contributed by atoms with Gasteiger partial charge in [-0.1, -0.05) is 0 Å². The molecule has 0 aromatic carbocycles. The maximum Gasteiger partial charge on any atom is 0.460 e. The number of rotatable bonds is 13. The summed E-state index contributed by atoms with van der Waals surface area (Å²) >= 11 is 0. The third kappa shape index (κ3) is 5.43. The zero-order valence-corrected chi connectivity index (χ0v) is 20.5.